The van der Waals surface area contributed by atoms with E-state index >= 15 is 0 Å². The van der Waals surface area contributed by atoms with Gasteiger partial charge in [-0.25, -0.2) is 0 Å². The van der Waals surface area contributed by atoms with Gasteiger partial charge in [0.15, 0.2) is 0 Å². The summed E-state index contributed by atoms with van der Waals surface area (Å²) in [5, 5.41) is 5.97. The van der Waals surface area contributed by atoms with Gasteiger partial charge in [-0.3, -0.25) is 0 Å². The van der Waals surface area contributed by atoms with Gasteiger partial charge in [0, 0.05) is 16.7 Å². The number of halogens is 14. The number of benzene rings is 1. The van der Waals surface area contributed by atoms with E-state index in [0.717, 1.165) is 0 Å². The summed E-state index contributed by atoms with van der Waals surface area (Å²) >= 11 is 7.78. The molecule has 4 N–H and O–H groups in total. The molecule has 1 aromatic rings. The van der Waals surface area contributed by atoms with Crippen molar-refractivity contribution in [3.05, 3.63) is 23.3 Å². The predicted molar refractivity (Wildman–Crippen MR) is 80.0 cm³/mol. The largest absolute Gasteiger partial charge is 0.489 e. The fourth-order valence-electron chi connectivity index (χ4n) is 2.21. The van der Waals surface area contributed by atoms with E-state index in [1.54, 1.807) is 0 Å². The average Bonchev–Trinajstić information content (AvgIpc) is 2.51. The van der Waals surface area contributed by atoms with Crippen LogP contribution in [0.2, 0.25) is 0 Å². The molecule has 0 unspecified atom stereocenters. The minimum absolute atomic E-state index is 0.247. The van der Waals surface area contributed by atoms with Crippen molar-refractivity contribution in [2.45, 2.75) is 34.5 Å². The molecule has 0 fully saturated rings. The maximum atomic E-state index is 14.2. The lowest BCUT2D eigenvalue weighted by molar-refractivity contribution is -0.288. The van der Waals surface area contributed by atoms with Crippen LogP contribution in [0.1, 0.15) is 11.1 Å². The summed E-state index contributed by atoms with van der Waals surface area (Å²) in [5.74, 6) is -26.1. The van der Waals surface area contributed by atoms with Crippen LogP contribution in [0.5, 0.6) is 0 Å². The summed E-state index contributed by atoms with van der Waals surface area (Å²) in [5.41, 5.74) is -5.30. The van der Waals surface area contributed by atoms with Crippen LogP contribution in [-0.2, 0) is 11.8 Å². The van der Waals surface area contributed by atoms with Crippen molar-refractivity contribution in [2.75, 3.05) is 5.73 Å². The van der Waals surface area contributed by atoms with Gasteiger partial charge in [0.1, 0.15) is 0 Å². The minimum Gasteiger partial charge on any atom is -0.423 e. The maximum Gasteiger partial charge on any atom is 0.489 e. The molecule has 1 rings (SSSR count). The van der Waals surface area contributed by atoms with Crippen LogP contribution in [-0.4, -0.2) is 39.8 Å². The Morgan fingerprint density at radius 2 is 1.07 bits per heavy atom. The Bertz CT molecular complexity index is 810. The Hall–Kier alpha value is -1.26. The van der Waals surface area contributed by atoms with Gasteiger partial charge in [-0.2, -0.15) is 52.7 Å². The number of nitrogen functional groups attached to an aromatic ring is 1. The zero-order chi connectivity index (χ0) is 24.3. The molecule has 0 aliphatic rings. The fourth-order valence-corrected chi connectivity index (χ4v) is 2.45. The van der Waals surface area contributed by atoms with Crippen molar-refractivity contribution in [2.24, 2.45) is 0 Å². The van der Waals surface area contributed by atoms with E-state index in [9.17, 15) is 52.7 Å². The third-order valence-corrected chi connectivity index (χ3v) is 4.16. The zero-order valence-corrected chi connectivity index (χ0v) is 15.0. The molecule has 0 atom stereocenters. The SMILES string of the molecule is Nc1ccc(C(F)(F)C(F)(F)C(F)(F)Cl)c(B(O)O)c1C(F)(F)C(F)(F)C(F)(F)Cl. The van der Waals surface area contributed by atoms with Crippen LogP contribution < -0.4 is 11.2 Å². The Morgan fingerprint density at radius 3 is 1.40 bits per heavy atom. The number of alkyl halides is 14. The van der Waals surface area contributed by atoms with Crippen molar-refractivity contribution in [3.63, 3.8) is 0 Å². The van der Waals surface area contributed by atoms with Crippen LogP contribution in [0.15, 0.2) is 12.1 Å². The summed E-state index contributed by atoms with van der Waals surface area (Å²) in [6.45, 7) is 0. The second-order valence-corrected chi connectivity index (χ2v) is 6.61. The molecule has 0 spiro atoms. The lowest BCUT2D eigenvalue weighted by Crippen LogP contribution is -2.56. The summed E-state index contributed by atoms with van der Waals surface area (Å²) in [6, 6.07) is -0.666. The minimum atomic E-state index is -6.67. The number of nitrogens with two attached hydrogens (primary N) is 1. The Kier molecular flexibility index (Phi) is 6.62. The molecule has 3 nitrogen and oxygen atoms in total. The topological polar surface area (TPSA) is 66.5 Å². The average molecular weight is 506 g/mol. The highest BCUT2D eigenvalue weighted by atomic mass is 35.5. The van der Waals surface area contributed by atoms with Crippen LogP contribution >= 0.6 is 23.2 Å². The first-order valence-corrected chi connectivity index (χ1v) is 7.66. The lowest BCUT2D eigenvalue weighted by atomic mass is 9.69. The highest BCUT2D eigenvalue weighted by Crippen LogP contribution is 2.56. The Morgan fingerprint density at radius 1 is 0.700 bits per heavy atom. The Balaban J connectivity index is 4.06. The summed E-state index contributed by atoms with van der Waals surface area (Å²) in [4.78, 5) is 0. The van der Waals surface area contributed by atoms with E-state index in [4.69, 9.17) is 15.8 Å². The van der Waals surface area contributed by atoms with Crippen LogP contribution in [0.3, 0.4) is 0 Å². The van der Waals surface area contributed by atoms with Crippen molar-refractivity contribution in [1.82, 2.24) is 0 Å². The first kappa shape index (κ1) is 26.8. The van der Waals surface area contributed by atoms with Crippen LogP contribution in [0, 0.1) is 0 Å². The standard InChI is InChI=1S/C12H6BCl2F12NO2/c14-11(24,25)9(20,21)7(16,17)3-1-2-4(28)5(6(3)13(29)30)8(18,19)10(22,23)12(15,26)27/h1-2,29-30H,28H2. The fraction of sp³-hybridized carbons (Fsp3) is 0.500. The van der Waals surface area contributed by atoms with Gasteiger partial charge in [0.2, 0.25) is 0 Å². The maximum absolute atomic E-state index is 14.2. The van der Waals surface area contributed by atoms with E-state index in [1.165, 1.54) is 0 Å². The van der Waals surface area contributed by atoms with Crippen molar-refractivity contribution >= 4 is 41.5 Å². The van der Waals surface area contributed by atoms with Gasteiger partial charge in [0.05, 0.1) is 5.56 Å². The quantitative estimate of drug-likeness (QED) is 0.227. The van der Waals surface area contributed by atoms with E-state index in [1.807, 2.05) is 0 Å². The molecule has 0 radical (unpaired) electrons. The first-order chi connectivity index (χ1) is 13.0. The molecule has 18 heteroatoms. The number of hydrogen-bond acceptors (Lipinski definition) is 3. The molecule has 0 heterocycles. The number of anilines is 1. The van der Waals surface area contributed by atoms with E-state index in [-0.39, 0.29) is 6.07 Å². The molecule has 0 saturated heterocycles. The van der Waals surface area contributed by atoms with Gasteiger partial charge < -0.3 is 15.8 Å². The van der Waals surface area contributed by atoms with Gasteiger partial charge >= 0.3 is 41.6 Å². The highest BCUT2D eigenvalue weighted by molar-refractivity contribution is 6.60. The second-order valence-electron chi connectivity index (χ2n) is 5.66. The summed E-state index contributed by atoms with van der Waals surface area (Å²) in [7, 11) is -3.80. The van der Waals surface area contributed by atoms with E-state index in [0.29, 0.717) is 0 Å². The molecule has 0 bridgehead atoms. The number of rotatable bonds is 7. The Labute approximate surface area is 168 Å². The molecule has 0 amide bonds. The van der Waals surface area contributed by atoms with Crippen molar-refractivity contribution in [3.8, 4) is 0 Å². The third-order valence-electron chi connectivity index (χ3n) is 3.69. The highest BCUT2D eigenvalue weighted by Gasteiger charge is 2.75. The van der Waals surface area contributed by atoms with Gasteiger partial charge in [-0.05, 0) is 29.3 Å². The van der Waals surface area contributed by atoms with E-state index in [2.05, 4.69) is 23.2 Å². The third kappa shape index (κ3) is 3.86. The van der Waals surface area contributed by atoms with Gasteiger partial charge in [-0.15, -0.1) is 0 Å². The summed E-state index contributed by atoms with van der Waals surface area (Å²) < 4.78 is 162. The lowest BCUT2D eigenvalue weighted by Gasteiger charge is -2.34. The first-order valence-electron chi connectivity index (χ1n) is 6.90. The normalized spacial score (nSPS) is 14.8. The van der Waals surface area contributed by atoms with Crippen molar-refractivity contribution < 1.29 is 62.7 Å². The molecule has 0 saturated carbocycles. The van der Waals surface area contributed by atoms with E-state index < -0.39 is 69.9 Å². The number of hydrogen-bond donors (Lipinski definition) is 3. The predicted octanol–water partition coefficient (Wildman–Crippen LogP) is 4.07. The van der Waals surface area contributed by atoms with Crippen LogP contribution in [0.25, 0.3) is 0 Å². The molecular formula is C12H6BCl2F12NO2. The molecule has 0 aliphatic heterocycles. The molecule has 0 aliphatic carbocycles. The summed E-state index contributed by atoms with van der Waals surface area (Å²) in [6.07, 6.45) is 0. The molecule has 30 heavy (non-hydrogen) atoms. The smallest absolute Gasteiger partial charge is 0.423 e. The van der Waals surface area contributed by atoms with Crippen molar-refractivity contribution in [1.29, 1.82) is 0 Å². The van der Waals surface area contributed by atoms with Gasteiger partial charge in [0.25, 0.3) is 0 Å². The monoisotopic (exact) mass is 505 g/mol. The molecule has 1 aromatic carbocycles. The molecule has 172 valence electrons. The molecular weight excluding hydrogens is 500 g/mol. The second kappa shape index (κ2) is 7.41. The van der Waals surface area contributed by atoms with Crippen LogP contribution in [0.4, 0.5) is 58.4 Å². The zero-order valence-electron chi connectivity index (χ0n) is 13.5. The molecule has 0 aromatic heterocycles. The van der Waals surface area contributed by atoms with Gasteiger partial charge in [-0.1, -0.05) is 6.07 Å².